The summed E-state index contributed by atoms with van der Waals surface area (Å²) in [5, 5.41) is 11.3. The lowest BCUT2D eigenvalue weighted by Gasteiger charge is -2.24. The van der Waals surface area contributed by atoms with Crippen molar-refractivity contribution in [1.82, 2.24) is 0 Å². The summed E-state index contributed by atoms with van der Waals surface area (Å²) in [6.45, 7) is 2.36. The summed E-state index contributed by atoms with van der Waals surface area (Å²) in [5.74, 6) is -6.79. The molecular weight excluding hydrogens is 309 g/mol. The molecule has 23 heavy (non-hydrogen) atoms. The van der Waals surface area contributed by atoms with Crippen molar-refractivity contribution in [1.29, 1.82) is 0 Å². The van der Waals surface area contributed by atoms with E-state index in [1.165, 1.54) is 45.2 Å². The molecule has 0 amide bonds. The number of nitro groups is 1. The topological polar surface area (TPSA) is 95.7 Å². The zero-order chi connectivity index (χ0) is 17.6. The number of nitrogens with zero attached hydrogens (tertiary/aromatic N) is 1. The number of rotatable bonds is 8. The summed E-state index contributed by atoms with van der Waals surface area (Å²) in [5.41, 5.74) is 0.133. The third-order valence-electron chi connectivity index (χ3n) is 3.30. The molecule has 126 valence electrons. The second-order valence-corrected chi connectivity index (χ2v) is 4.88. The van der Waals surface area contributed by atoms with Crippen LogP contribution in [0.15, 0.2) is 24.3 Å². The Morgan fingerprint density at radius 1 is 1.35 bits per heavy atom. The van der Waals surface area contributed by atoms with E-state index in [4.69, 9.17) is 4.74 Å². The minimum absolute atomic E-state index is 0.133. The number of hydrogen-bond acceptors (Lipinski definition) is 6. The van der Waals surface area contributed by atoms with Crippen LogP contribution >= 0.6 is 0 Å². The van der Waals surface area contributed by atoms with Crippen LogP contribution in [0.4, 0.5) is 4.39 Å². The van der Waals surface area contributed by atoms with Gasteiger partial charge in [0.2, 0.25) is 0 Å². The molecule has 8 heteroatoms. The van der Waals surface area contributed by atoms with E-state index in [9.17, 15) is 19.7 Å². The van der Waals surface area contributed by atoms with Gasteiger partial charge < -0.3 is 9.47 Å². The number of carbonyl (C=O) groups is 2. The van der Waals surface area contributed by atoms with Crippen LogP contribution < -0.4 is 4.74 Å². The third kappa shape index (κ3) is 4.02. The highest BCUT2D eigenvalue weighted by molar-refractivity contribution is 5.82. The Kier molecular flexibility index (Phi) is 6.18. The minimum Gasteiger partial charge on any atom is -0.497 e. The van der Waals surface area contributed by atoms with Gasteiger partial charge in [0.25, 0.3) is 0 Å². The Morgan fingerprint density at radius 3 is 2.30 bits per heavy atom. The van der Waals surface area contributed by atoms with Gasteiger partial charge in [0.05, 0.1) is 18.6 Å². The molecule has 0 heterocycles. The van der Waals surface area contributed by atoms with Gasteiger partial charge in [-0.2, -0.15) is 4.39 Å². The Balaban J connectivity index is 3.37. The quantitative estimate of drug-likeness (QED) is 0.314. The number of alkyl halides is 1. The summed E-state index contributed by atoms with van der Waals surface area (Å²) in [6, 6.07) is 5.69. The van der Waals surface area contributed by atoms with Crippen LogP contribution in [0, 0.1) is 10.1 Å². The summed E-state index contributed by atoms with van der Waals surface area (Å²) in [4.78, 5) is 33.2. The van der Waals surface area contributed by atoms with E-state index >= 15 is 4.39 Å². The van der Waals surface area contributed by atoms with Crippen molar-refractivity contribution in [2.45, 2.75) is 32.0 Å². The van der Waals surface area contributed by atoms with Gasteiger partial charge in [-0.05, 0) is 31.5 Å². The lowest BCUT2D eigenvalue weighted by Crippen LogP contribution is -2.49. The zero-order valence-electron chi connectivity index (χ0n) is 13.1. The van der Waals surface area contributed by atoms with E-state index in [-0.39, 0.29) is 12.2 Å². The van der Waals surface area contributed by atoms with Crippen molar-refractivity contribution in [3.63, 3.8) is 0 Å². The fourth-order valence-corrected chi connectivity index (χ4v) is 2.17. The molecule has 0 saturated heterocycles. The lowest BCUT2D eigenvalue weighted by molar-refractivity contribution is -0.594. The van der Waals surface area contributed by atoms with Gasteiger partial charge in [-0.15, -0.1) is 0 Å². The van der Waals surface area contributed by atoms with Crippen LogP contribution in [0.1, 0.15) is 31.7 Å². The first-order valence-electron chi connectivity index (χ1n) is 6.91. The Hall–Kier alpha value is -2.51. The van der Waals surface area contributed by atoms with Crippen LogP contribution in [-0.2, 0) is 14.3 Å². The molecule has 0 N–H and O–H groups in total. The maximum atomic E-state index is 15.0. The van der Waals surface area contributed by atoms with Gasteiger partial charge in [-0.25, -0.2) is 4.79 Å². The molecule has 0 aromatic heterocycles. The largest absolute Gasteiger partial charge is 0.497 e. The summed E-state index contributed by atoms with van der Waals surface area (Å²) >= 11 is 0. The normalized spacial score (nSPS) is 14.4. The molecule has 0 spiro atoms. The fraction of sp³-hybridized carbons (Fsp3) is 0.467. The number of ketones is 1. The maximum absolute atomic E-state index is 15.0. The van der Waals surface area contributed by atoms with Gasteiger partial charge in [-0.1, -0.05) is 12.1 Å². The van der Waals surface area contributed by atoms with E-state index in [1.807, 2.05) is 0 Å². The van der Waals surface area contributed by atoms with Gasteiger partial charge in [0, 0.05) is 6.42 Å². The van der Waals surface area contributed by atoms with Crippen molar-refractivity contribution in [3.8, 4) is 5.75 Å². The standard InChI is InChI=1S/C15H18FNO6/c1-4-23-14(19)15(16,17(20)21)13(9-10(2)18)11-5-7-12(22-3)8-6-11/h5-8,13H,4,9H2,1-3H3. The van der Waals surface area contributed by atoms with Gasteiger partial charge >= 0.3 is 11.8 Å². The number of methoxy groups -OCH3 is 1. The number of carbonyl (C=O) groups excluding carboxylic acids is 2. The van der Waals surface area contributed by atoms with Gasteiger partial charge in [0.15, 0.2) is 0 Å². The molecule has 0 fully saturated rings. The lowest BCUT2D eigenvalue weighted by atomic mass is 9.85. The first-order chi connectivity index (χ1) is 10.8. The molecule has 2 atom stereocenters. The van der Waals surface area contributed by atoms with Crippen LogP contribution in [0.25, 0.3) is 0 Å². The van der Waals surface area contributed by atoms with Crippen molar-refractivity contribution < 1.29 is 28.4 Å². The molecule has 0 aliphatic heterocycles. The zero-order valence-corrected chi connectivity index (χ0v) is 13.1. The summed E-state index contributed by atoms with van der Waals surface area (Å²) < 4.78 is 24.5. The summed E-state index contributed by atoms with van der Waals surface area (Å²) in [6.07, 6.45) is -0.511. The SMILES string of the molecule is CCOC(=O)C(F)(C(CC(C)=O)c1ccc(OC)cc1)[N+](=O)[O-]. The molecule has 1 rings (SSSR count). The van der Waals surface area contributed by atoms with Gasteiger partial charge in [-0.3, -0.25) is 14.9 Å². The predicted molar refractivity (Wildman–Crippen MR) is 78.5 cm³/mol. The van der Waals surface area contributed by atoms with Crippen molar-refractivity contribution in [2.24, 2.45) is 0 Å². The second kappa shape index (κ2) is 7.66. The molecule has 0 radical (unpaired) electrons. The van der Waals surface area contributed by atoms with E-state index in [1.54, 1.807) is 0 Å². The van der Waals surface area contributed by atoms with Crippen LogP contribution in [0.5, 0.6) is 5.75 Å². The molecule has 1 aromatic rings. The number of esters is 1. The minimum atomic E-state index is -3.55. The Bertz CT molecular complexity index is 588. The van der Waals surface area contributed by atoms with Crippen molar-refractivity contribution in [2.75, 3.05) is 13.7 Å². The highest BCUT2D eigenvalue weighted by Gasteiger charge is 2.61. The first kappa shape index (κ1) is 18.5. The fourth-order valence-electron chi connectivity index (χ4n) is 2.17. The van der Waals surface area contributed by atoms with Crippen molar-refractivity contribution in [3.05, 3.63) is 39.9 Å². The highest BCUT2D eigenvalue weighted by atomic mass is 19.1. The smallest absolute Gasteiger partial charge is 0.461 e. The molecule has 1 aromatic carbocycles. The summed E-state index contributed by atoms with van der Waals surface area (Å²) in [7, 11) is 1.43. The number of benzene rings is 1. The number of hydrogen-bond donors (Lipinski definition) is 0. The first-order valence-corrected chi connectivity index (χ1v) is 6.91. The monoisotopic (exact) mass is 327 g/mol. The van der Waals surface area contributed by atoms with Crippen LogP contribution in [0.3, 0.4) is 0 Å². The Labute approximate surface area is 132 Å². The van der Waals surface area contributed by atoms with E-state index in [2.05, 4.69) is 4.74 Å². The predicted octanol–water partition coefficient (Wildman–Crippen LogP) is 2.26. The Morgan fingerprint density at radius 2 is 1.91 bits per heavy atom. The molecule has 0 bridgehead atoms. The van der Waals surface area contributed by atoms with Gasteiger partial charge in [0.1, 0.15) is 17.5 Å². The molecule has 0 aliphatic rings. The average Bonchev–Trinajstić information content (AvgIpc) is 2.51. The number of halogens is 1. The number of ether oxygens (including phenoxy) is 2. The molecule has 0 saturated carbocycles. The number of Topliss-reactive ketones (excluding diaryl/α,β-unsaturated/α-hetero) is 1. The maximum Gasteiger partial charge on any atom is 0.461 e. The average molecular weight is 327 g/mol. The molecule has 0 aliphatic carbocycles. The van der Waals surface area contributed by atoms with E-state index < -0.39 is 34.8 Å². The van der Waals surface area contributed by atoms with E-state index in [0.717, 1.165) is 0 Å². The third-order valence-corrected chi connectivity index (χ3v) is 3.30. The second-order valence-electron chi connectivity index (χ2n) is 4.88. The molecule has 2 unspecified atom stereocenters. The van der Waals surface area contributed by atoms with E-state index in [0.29, 0.717) is 5.75 Å². The molecular formula is C15H18FNO6. The van der Waals surface area contributed by atoms with Crippen molar-refractivity contribution >= 4 is 11.8 Å². The molecule has 7 nitrogen and oxygen atoms in total. The highest BCUT2D eigenvalue weighted by Crippen LogP contribution is 2.37. The van der Waals surface area contributed by atoms with Crippen LogP contribution in [-0.4, -0.2) is 36.2 Å². The van der Waals surface area contributed by atoms with Crippen LogP contribution in [0.2, 0.25) is 0 Å².